The molecule has 1 aliphatic rings. The van der Waals surface area contributed by atoms with Gasteiger partial charge in [0, 0.05) is 17.1 Å². The molecule has 2 rings (SSSR count). The summed E-state index contributed by atoms with van der Waals surface area (Å²) in [6.07, 6.45) is 8.65. The summed E-state index contributed by atoms with van der Waals surface area (Å²) in [5, 5.41) is 3.52. The molecule has 0 aromatic carbocycles. The van der Waals surface area contributed by atoms with Crippen molar-refractivity contribution in [2.45, 2.75) is 52.0 Å². The first-order valence-corrected chi connectivity index (χ1v) is 7.53. The van der Waals surface area contributed by atoms with E-state index in [1.54, 1.807) is 11.3 Å². The second-order valence-electron chi connectivity index (χ2n) is 6.07. The first kappa shape index (κ1) is 13.0. The Morgan fingerprint density at radius 1 is 1.47 bits per heavy atom. The van der Waals surface area contributed by atoms with Crippen LogP contribution < -0.4 is 5.32 Å². The maximum Gasteiger partial charge on any atom is 0.0794 e. The van der Waals surface area contributed by atoms with Crippen LogP contribution in [-0.4, -0.2) is 18.1 Å². The normalized spacial score (nSPS) is 22.5. The van der Waals surface area contributed by atoms with Crippen molar-refractivity contribution in [1.29, 1.82) is 0 Å². The summed E-state index contributed by atoms with van der Waals surface area (Å²) in [4.78, 5) is 5.58. The van der Waals surface area contributed by atoms with Gasteiger partial charge in [-0.25, -0.2) is 0 Å². The van der Waals surface area contributed by atoms with Gasteiger partial charge < -0.3 is 5.32 Å². The Morgan fingerprint density at radius 3 is 2.71 bits per heavy atom. The summed E-state index contributed by atoms with van der Waals surface area (Å²) in [5.41, 5.74) is 2.51. The third-order valence-electron chi connectivity index (χ3n) is 4.23. The number of aromatic nitrogens is 1. The number of nitrogens with one attached hydrogen (secondary N) is 1. The zero-order valence-corrected chi connectivity index (χ0v) is 12.0. The molecule has 0 amide bonds. The smallest absolute Gasteiger partial charge is 0.0794 e. The van der Waals surface area contributed by atoms with Crippen molar-refractivity contribution >= 4 is 11.3 Å². The van der Waals surface area contributed by atoms with E-state index in [-0.39, 0.29) is 0 Å². The lowest BCUT2D eigenvalue weighted by Crippen LogP contribution is -2.38. The van der Waals surface area contributed by atoms with Crippen LogP contribution in [-0.2, 0) is 6.42 Å². The summed E-state index contributed by atoms with van der Waals surface area (Å²) >= 11 is 1.78. The van der Waals surface area contributed by atoms with Gasteiger partial charge in [0.1, 0.15) is 0 Å². The molecule has 1 fully saturated rings. The SMILES string of the molecule is CNC(Cc1cncs1)C1CCC(C)(C)CC1. The molecule has 0 bridgehead atoms. The van der Waals surface area contributed by atoms with Gasteiger partial charge in [-0.15, -0.1) is 11.3 Å². The Kier molecular flexibility index (Phi) is 4.21. The van der Waals surface area contributed by atoms with Crippen molar-refractivity contribution in [2.75, 3.05) is 7.05 Å². The third kappa shape index (κ3) is 3.52. The van der Waals surface area contributed by atoms with Crippen molar-refractivity contribution in [3.63, 3.8) is 0 Å². The van der Waals surface area contributed by atoms with Crippen molar-refractivity contribution in [3.05, 3.63) is 16.6 Å². The van der Waals surface area contributed by atoms with E-state index in [1.807, 2.05) is 11.7 Å². The van der Waals surface area contributed by atoms with Gasteiger partial charge in [-0.2, -0.15) is 0 Å². The summed E-state index contributed by atoms with van der Waals surface area (Å²) in [7, 11) is 2.10. The van der Waals surface area contributed by atoms with Crippen LogP contribution in [0.25, 0.3) is 0 Å². The van der Waals surface area contributed by atoms with Crippen LogP contribution in [0.1, 0.15) is 44.4 Å². The number of hydrogen-bond acceptors (Lipinski definition) is 3. The van der Waals surface area contributed by atoms with Crippen molar-refractivity contribution in [2.24, 2.45) is 11.3 Å². The molecule has 1 saturated carbocycles. The van der Waals surface area contributed by atoms with Gasteiger partial charge in [0.15, 0.2) is 0 Å². The highest BCUT2D eigenvalue weighted by Crippen LogP contribution is 2.39. The molecule has 1 aromatic rings. The van der Waals surface area contributed by atoms with Crippen LogP contribution in [0, 0.1) is 11.3 Å². The summed E-state index contributed by atoms with van der Waals surface area (Å²) in [6.45, 7) is 4.81. The molecule has 1 aliphatic carbocycles. The Balaban J connectivity index is 1.91. The predicted octanol–water partition coefficient (Wildman–Crippen LogP) is 3.49. The molecule has 96 valence electrons. The van der Waals surface area contributed by atoms with Gasteiger partial charge >= 0.3 is 0 Å². The Labute approximate surface area is 109 Å². The topological polar surface area (TPSA) is 24.9 Å². The highest BCUT2D eigenvalue weighted by Gasteiger charge is 2.30. The van der Waals surface area contributed by atoms with Gasteiger partial charge in [-0.1, -0.05) is 13.8 Å². The van der Waals surface area contributed by atoms with E-state index in [0.717, 1.165) is 12.3 Å². The van der Waals surface area contributed by atoms with Crippen LogP contribution in [0.4, 0.5) is 0 Å². The van der Waals surface area contributed by atoms with Gasteiger partial charge in [0.05, 0.1) is 5.51 Å². The molecule has 0 saturated heterocycles. The Morgan fingerprint density at radius 2 is 2.18 bits per heavy atom. The molecule has 3 heteroatoms. The van der Waals surface area contributed by atoms with E-state index in [2.05, 4.69) is 31.2 Å². The highest BCUT2D eigenvalue weighted by molar-refractivity contribution is 7.09. The van der Waals surface area contributed by atoms with Gasteiger partial charge in [-0.3, -0.25) is 4.98 Å². The summed E-state index contributed by atoms with van der Waals surface area (Å²) in [5.74, 6) is 0.843. The summed E-state index contributed by atoms with van der Waals surface area (Å²) < 4.78 is 0. The molecule has 1 N–H and O–H groups in total. The van der Waals surface area contributed by atoms with Crippen molar-refractivity contribution in [1.82, 2.24) is 10.3 Å². The molecule has 0 aliphatic heterocycles. The lowest BCUT2D eigenvalue weighted by Gasteiger charge is -2.37. The monoisotopic (exact) mass is 252 g/mol. The second kappa shape index (κ2) is 5.49. The fourth-order valence-electron chi connectivity index (χ4n) is 2.89. The maximum atomic E-state index is 4.17. The Hall–Kier alpha value is -0.410. The van der Waals surface area contributed by atoms with E-state index in [4.69, 9.17) is 0 Å². The van der Waals surface area contributed by atoms with E-state index < -0.39 is 0 Å². The zero-order valence-electron chi connectivity index (χ0n) is 11.2. The molecule has 2 nitrogen and oxygen atoms in total. The van der Waals surface area contributed by atoms with Crippen LogP contribution in [0.15, 0.2) is 11.7 Å². The highest BCUT2D eigenvalue weighted by atomic mass is 32.1. The third-order valence-corrected chi connectivity index (χ3v) is 5.03. The van der Waals surface area contributed by atoms with E-state index >= 15 is 0 Å². The molecule has 1 unspecified atom stereocenters. The van der Waals surface area contributed by atoms with E-state index in [9.17, 15) is 0 Å². The first-order chi connectivity index (χ1) is 8.11. The van der Waals surface area contributed by atoms with Crippen LogP contribution in [0.5, 0.6) is 0 Å². The molecule has 1 aromatic heterocycles. The van der Waals surface area contributed by atoms with E-state index in [0.29, 0.717) is 11.5 Å². The lowest BCUT2D eigenvalue weighted by molar-refractivity contribution is 0.164. The molecule has 1 atom stereocenters. The predicted molar refractivity (Wildman–Crippen MR) is 74.4 cm³/mol. The minimum Gasteiger partial charge on any atom is -0.316 e. The summed E-state index contributed by atoms with van der Waals surface area (Å²) in [6, 6.07) is 0.631. The Bertz CT molecular complexity index is 322. The number of rotatable bonds is 4. The molecular formula is C14H24N2S. The number of likely N-dealkylation sites (N-methyl/N-ethyl adjacent to an activating group) is 1. The number of nitrogens with zero attached hydrogens (tertiary/aromatic N) is 1. The number of thiazole rings is 1. The molecule has 0 spiro atoms. The van der Waals surface area contributed by atoms with Gasteiger partial charge in [-0.05, 0) is 50.5 Å². The minimum absolute atomic E-state index is 0.569. The minimum atomic E-state index is 0.569. The van der Waals surface area contributed by atoms with Crippen LogP contribution in [0.2, 0.25) is 0 Å². The number of hydrogen-bond donors (Lipinski definition) is 1. The molecule has 17 heavy (non-hydrogen) atoms. The molecule has 0 radical (unpaired) electrons. The quantitative estimate of drug-likeness (QED) is 0.887. The fraction of sp³-hybridized carbons (Fsp3) is 0.786. The average Bonchev–Trinajstić information content (AvgIpc) is 2.79. The van der Waals surface area contributed by atoms with Gasteiger partial charge in [0.2, 0.25) is 0 Å². The molecular weight excluding hydrogens is 228 g/mol. The maximum absolute atomic E-state index is 4.17. The fourth-order valence-corrected chi connectivity index (χ4v) is 3.54. The lowest BCUT2D eigenvalue weighted by atomic mass is 9.70. The standard InChI is InChI=1S/C14H24N2S/c1-14(2)6-4-11(5-7-14)13(15-3)8-12-9-16-10-17-12/h9-11,13,15H,4-8H2,1-3H3. The van der Waals surface area contributed by atoms with Crippen molar-refractivity contribution < 1.29 is 0 Å². The van der Waals surface area contributed by atoms with Crippen molar-refractivity contribution in [3.8, 4) is 0 Å². The largest absolute Gasteiger partial charge is 0.316 e. The second-order valence-corrected chi connectivity index (χ2v) is 7.04. The van der Waals surface area contributed by atoms with Gasteiger partial charge in [0.25, 0.3) is 0 Å². The first-order valence-electron chi connectivity index (χ1n) is 6.65. The molecule has 1 heterocycles. The van der Waals surface area contributed by atoms with Crippen LogP contribution in [0.3, 0.4) is 0 Å². The van der Waals surface area contributed by atoms with E-state index in [1.165, 1.54) is 30.6 Å². The average molecular weight is 252 g/mol. The zero-order chi connectivity index (χ0) is 12.3. The van der Waals surface area contributed by atoms with Crippen LogP contribution >= 0.6 is 11.3 Å².